The lowest BCUT2D eigenvalue weighted by molar-refractivity contribution is 0.281. The first-order valence-electron chi connectivity index (χ1n) is 5.08. The molecule has 0 saturated heterocycles. The lowest BCUT2D eigenvalue weighted by Crippen LogP contribution is -2.02. The minimum Gasteiger partial charge on any atom is -0.392 e. The lowest BCUT2D eigenvalue weighted by atomic mass is 10.2. The van der Waals surface area contributed by atoms with Crippen LogP contribution in [0.15, 0.2) is 36.4 Å². The maximum Gasteiger partial charge on any atom is 0.0702 e. The topological polar surface area (TPSA) is 25.2 Å². The molecule has 2 rings (SSSR count). The van der Waals surface area contributed by atoms with E-state index in [4.69, 9.17) is 0 Å². The Hall–Kier alpha value is -1.54. The summed E-state index contributed by atoms with van der Waals surface area (Å²) in [5, 5.41) is 9.29. The predicted octanol–water partition coefficient (Wildman–Crippen LogP) is 2.59. The van der Waals surface area contributed by atoms with Crippen molar-refractivity contribution in [1.82, 2.24) is 4.57 Å². The number of rotatable bonds is 2. The molecule has 0 spiro atoms. The molecule has 0 aliphatic heterocycles. The Balaban J connectivity index is 2.63. The molecule has 1 N–H and O–H groups in total. The molecule has 78 valence electrons. The smallest absolute Gasteiger partial charge is 0.0702 e. The molecule has 0 unspecified atom stereocenters. The van der Waals surface area contributed by atoms with Gasteiger partial charge in [0.05, 0.1) is 12.3 Å². The molecule has 0 aliphatic carbocycles. The molecule has 2 nitrogen and oxygen atoms in total. The number of para-hydroxylation sites is 1. The van der Waals surface area contributed by atoms with Gasteiger partial charge in [-0.2, -0.15) is 0 Å². The zero-order chi connectivity index (χ0) is 10.8. The molecule has 0 fully saturated rings. The minimum atomic E-state index is 0.0766. The number of nitrogens with zero attached hydrogens (tertiary/aromatic N) is 1. The molecule has 0 atom stereocenters. The van der Waals surface area contributed by atoms with E-state index < -0.39 is 0 Å². The van der Waals surface area contributed by atoms with Crippen molar-refractivity contribution in [3.05, 3.63) is 53.3 Å². The first kappa shape index (κ1) is 9.99. The van der Waals surface area contributed by atoms with Crippen molar-refractivity contribution < 1.29 is 5.11 Å². The molecule has 0 aliphatic rings. The van der Waals surface area contributed by atoms with E-state index in [1.807, 2.05) is 24.3 Å². The van der Waals surface area contributed by atoms with Crippen LogP contribution in [0, 0.1) is 13.8 Å². The molecule has 0 amide bonds. The first-order chi connectivity index (χ1) is 7.24. The van der Waals surface area contributed by atoms with Gasteiger partial charge < -0.3 is 9.67 Å². The van der Waals surface area contributed by atoms with Gasteiger partial charge in [-0.3, -0.25) is 0 Å². The van der Waals surface area contributed by atoms with Crippen LogP contribution in [0.3, 0.4) is 0 Å². The summed E-state index contributed by atoms with van der Waals surface area (Å²) in [4.78, 5) is 0. The monoisotopic (exact) mass is 201 g/mol. The summed E-state index contributed by atoms with van der Waals surface area (Å²) < 4.78 is 2.16. The van der Waals surface area contributed by atoms with Gasteiger partial charge in [-0.05, 0) is 32.0 Å². The van der Waals surface area contributed by atoms with Crippen LogP contribution in [0.25, 0.3) is 5.69 Å². The molecular formula is C13H15NO. The number of hydrogen-bond acceptors (Lipinski definition) is 1. The summed E-state index contributed by atoms with van der Waals surface area (Å²) in [6.45, 7) is 4.22. The average Bonchev–Trinajstić information content (AvgIpc) is 2.59. The second-order valence-electron chi connectivity index (χ2n) is 3.74. The lowest BCUT2D eigenvalue weighted by Gasteiger charge is -2.13. The quantitative estimate of drug-likeness (QED) is 0.793. The van der Waals surface area contributed by atoms with Gasteiger partial charge in [-0.25, -0.2) is 0 Å². The van der Waals surface area contributed by atoms with Crippen LogP contribution in [0.4, 0.5) is 0 Å². The molecule has 0 bridgehead atoms. The van der Waals surface area contributed by atoms with Crippen LogP contribution >= 0.6 is 0 Å². The summed E-state index contributed by atoms with van der Waals surface area (Å²) in [7, 11) is 0. The molecule has 0 saturated carbocycles. The third-order valence-corrected chi connectivity index (χ3v) is 2.67. The molecule has 1 heterocycles. The second kappa shape index (κ2) is 3.91. The van der Waals surface area contributed by atoms with Gasteiger partial charge in [0.25, 0.3) is 0 Å². The molecule has 1 aromatic carbocycles. The Kier molecular flexibility index (Phi) is 2.60. The Morgan fingerprint density at radius 3 is 2.20 bits per heavy atom. The summed E-state index contributed by atoms with van der Waals surface area (Å²) in [6.07, 6.45) is 0. The van der Waals surface area contributed by atoms with E-state index in [9.17, 15) is 5.11 Å². The SMILES string of the molecule is Cc1ccc(C)n1-c1ccccc1CO. The fraction of sp³-hybridized carbons (Fsp3) is 0.231. The van der Waals surface area contributed by atoms with Crippen LogP contribution in [0.1, 0.15) is 17.0 Å². The first-order valence-corrected chi connectivity index (χ1v) is 5.08. The summed E-state index contributed by atoms with van der Waals surface area (Å²) in [5.41, 5.74) is 4.40. The molecule has 0 radical (unpaired) electrons. The van der Waals surface area contributed by atoms with Crippen molar-refractivity contribution in [1.29, 1.82) is 0 Å². The number of hydrogen-bond donors (Lipinski definition) is 1. The van der Waals surface area contributed by atoms with E-state index in [2.05, 4.69) is 30.5 Å². The average molecular weight is 201 g/mol. The van der Waals surface area contributed by atoms with Gasteiger partial charge in [0.2, 0.25) is 0 Å². The van der Waals surface area contributed by atoms with E-state index in [0.717, 1.165) is 11.3 Å². The van der Waals surface area contributed by atoms with Crippen LogP contribution in [-0.2, 0) is 6.61 Å². The highest BCUT2D eigenvalue weighted by atomic mass is 16.3. The van der Waals surface area contributed by atoms with Crippen molar-refractivity contribution in [3.63, 3.8) is 0 Å². The van der Waals surface area contributed by atoms with Crippen molar-refractivity contribution in [2.45, 2.75) is 20.5 Å². The normalized spacial score (nSPS) is 10.6. The molecule has 2 aromatic rings. The molecular weight excluding hydrogens is 186 g/mol. The van der Waals surface area contributed by atoms with E-state index in [1.165, 1.54) is 11.4 Å². The second-order valence-corrected chi connectivity index (χ2v) is 3.74. The molecule has 1 aromatic heterocycles. The predicted molar refractivity (Wildman–Crippen MR) is 61.2 cm³/mol. The van der Waals surface area contributed by atoms with E-state index >= 15 is 0 Å². The van der Waals surface area contributed by atoms with E-state index in [0.29, 0.717) is 0 Å². The van der Waals surface area contributed by atoms with Crippen molar-refractivity contribution in [2.75, 3.05) is 0 Å². The van der Waals surface area contributed by atoms with Crippen LogP contribution in [0.2, 0.25) is 0 Å². The molecule has 15 heavy (non-hydrogen) atoms. The zero-order valence-corrected chi connectivity index (χ0v) is 9.07. The highest BCUT2D eigenvalue weighted by Gasteiger charge is 2.07. The number of aryl methyl sites for hydroxylation is 2. The van der Waals surface area contributed by atoms with E-state index in [1.54, 1.807) is 0 Å². The molecule has 2 heteroatoms. The Morgan fingerprint density at radius 2 is 1.60 bits per heavy atom. The third kappa shape index (κ3) is 1.68. The number of benzene rings is 1. The zero-order valence-electron chi connectivity index (χ0n) is 9.07. The van der Waals surface area contributed by atoms with Gasteiger partial charge in [-0.1, -0.05) is 18.2 Å². The maximum atomic E-state index is 9.29. The number of aliphatic hydroxyl groups excluding tert-OH is 1. The third-order valence-electron chi connectivity index (χ3n) is 2.67. The van der Waals surface area contributed by atoms with E-state index in [-0.39, 0.29) is 6.61 Å². The number of aromatic nitrogens is 1. The number of aliphatic hydroxyl groups is 1. The van der Waals surface area contributed by atoms with Crippen molar-refractivity contribution in [2.24, 2.45) is 0 Å². The van der Waals surface area contributed by atoms with Gasteiger partial charge in [0.1, 0.15) is 0 Å². The van der Waals surface area contributed by atoms with Crippen molar-refractivity contribution >= 4 is 0 Å². The summed E-state index contributed by atoms with van der Waals surface area (Å²) in [6, 6.07) is 12.1. The van der Waals surface area contributed by atoms with Gasteiger partial charge in [0, 0.05) is 17.0 Å². The standard InChI is InChI=1S/C13H15NO/c1-10-7-8-11(2)14(10)13-6-4-3-5-12(13)9-15/h3-8,15H,9H2,1-2H3. The van der Waals surface area contributed by atoms with Crippen molar-refractivity contribution in [3.8, 4) is 5.69 Å². The van der Waals surface area contributed by atoms with Gasteiger partial charge >= 0.3 is 0 Å². The largest absolute Gasteiger partial charge is 0.392 e. The summed E-state index contributed by atoms with van der Waals surface area (Å²) >= 11 is 0. The van der Waals surface area contributed by atoms with Gasteiger partial charge in [0.15, 0.2) is 0 Å². The highest BCUT2D eigenvalue weighted by Crippen LogP contribution is 2.19. The fourth-order valence-electron chi connectivity index (χ4n) is 1.91. The fourth-order valence-corrected chi connectivity index (χ4v) is 1.91. The van der Waals surface area contributed by atoms with Crippen LogP contribution < -0.4 is 0 Å². The highest BCUT2D eigenvalue weighted by molar-refractivity contribution is 5.44. The van der Waals surface area contributed by atoms with Crippen LogP contribution in [-0.4, -0.2) is 9.67 Å². The van der Waals surface area contributed by atoms with Crippen LogP contribution in [0.5, 0.6) is 0 Å². The van der Waals surface area contributed by atoms with Gasteiger partial charge in [-0.15, -0.1) is 0 Å². The Morgan fingerprint density at radius 1 is 1.00 bits per heavy atom. The minimum absolute atomic E-state index is 0.0766. The maximum absolute atomic E-state index is 9.29. The Bertz CT molecular complexity index is 452. The summed E-state index contributed by atoms with van der Waals surface area (Å²) in [5.74, 6) is 0. The Labute approximate surface area is 89.8 Å².